The number of aryl methyl sites for hydroxylation is 1. The van der Waals surface area contributed by atoms with E-state index in [1.54, 1.807) is 30.7 Å². The second kappa shape index (κ2) is 9.15. The van der Waals surface area contributed by atoms with Gasteiger partial charge < -0.3 is 10.1 Å². The van der Waals surface area contributed by atoms with Crippen molar-refractivity contribution in [2.45, 2.75) is 6.92 Å². The molecule has 2 N–H and O–H groups in total. The van der Waals surface area contributed by atoms with Crippen molar-refractivity contribution in [2.75, 3.05) is 11.9 Å². The van der Waals surface area contributed by atoms with Crippen LogP contribution in [-0.4, -0.2) is 23.7 Å². The summed E-state index contributed by atoms with van der Waals surface area (Å²) in [6, 6.07) is 18.9. The molecule has 0 radical (unpaired) electrons. The summed E-state index contributed by atoms with van der Waals surface area (Å²) in [6.07, 6.45) is 4.89. The lowest BCUT2D eigenvalue weighted by molar-refractivity contribution is -0.119. The van der Waals surface area contributed by atoms with Crippen LogP contribution in [0.15, 0.2) is 78.2 Å². The van der Waals surface area contributed by atoms with Gasteiger partial charge in [0.25, 0.3) is 5.91 Å². The third kappa shape index (κ3) is 5.40. The van der Waals surface area contributed by atoms with E-state index in [2.05, 4.69) is 20.8 Å². The van der Waals surface area contributed by atoms with Gasteiger partial charge in [-0.25, -0.2) is 5.43 Å². The van der Waals surface area contributed by atoms with Crippen LogP contribution >= 0.6 is 0 Å². The fourth-order valence-corrected chi connectivity index (χ4v) is 2.33. The van der Waals surface area contributed by atoms with Crippen LogP contribution in [0, 0.1) is 6.92 Å². The molecule has 3 aromatic rings. The molecule has 0 fully saturated rings. The molecule has 3 rings (SSSR count). The molecule has 6 heteroatoms. The van der Waals surface area contributed by atoms with Crippen LogP contribution in [0.2, 0.25) is 0 Å². The summed E-state index contributed by atoms with van der Waals surface area (Å²) in [5.74, 6) is 1.17. The van der Waals surface area contributed by atoms with Crippen LogP contribution < -0.4 is 15.5 Å². The van der Waals surface area contributed by atoms with Gasteiger partial charge in [-0.2, -0.15) is 5.10 Å². The fraction of sp³-hybridized carbons (Fsp3) is 0.0952. The monoisotopic (exact) mass is 360 g/mol. The Morgan fingerprint density at radius 1 is 1.04 bits per heavy atom. The SMILES string of the molecule is Cc1ccccc1Oc1ccccc1NCC(=O)NN=Cc1ccncc1. The highest BCUT2D eigenvalue weighted by atomic mass is 16.5. The Bertz CT molecular complexity index is 926. The minimum atomic E-state index is -0.258. The summed E-state index contributed by atoms with van der Waals surface area (Å²) in [5.41, 5.74) is 5.11. The zero-order valence-electron chi connectivity index (χ0n) is 14.9. The molecule has 0 atom stereocenters. The number of hydrazone groups is 1. The number of para-hydroxylation sites is 3. The van der Waals surface area contributed by atoms with Crippen LogP contribution in [0.3, 0.4) is 0 Å². The van der Waals surface area contributed by atoms with Crippen molar-refractivity contribution in [1.29, 1.82) is 0 Å². The number of hydrogen-bond acceptors (Lipinski definition) is 5. The van der Waals surface area contributed by atoms with Gasteiger partial charge in [-0.05, 0) is 48.4 Å². The highest BCUT2D eigenvalue weighted by Crippen LogP contribution is 2.30. The predicted octanol–water partition coefficient (Wildman–Crippen LogP) is 3.74. The van der Waals surface area contributed by atoms with Crippen LogP contribution in [0.25, 0.3) is 0 Å². The molecule has 0 unspecified atom stereocenters. The van der Waals surface area contributed by atoms with Crippen molar-refractivity contribution in [3.63, 3.8) is 0 Å². The molecule has 0 aliphatic rings. The molecule has 0 saturated heterocycles. The maximum absolute atomic E-state index is 12.0. The lowest BCUT2D eigenvalue weighted by atomic mass is 10.2. The molecule has 6 nitrogen and oxygen atoms in total. The lowest BCUT2D eigenvalue weighted by Crippen LogP contribution is -2.26. The van der Waals surface area contributed by atoms with E-state index < -0.39 is 0 Å². The van der Waals surface area contributed by atoms with E-state index in [4.69, 9.17) is 4.74 Å². The first-order chi connectivity index (χ1) is 13.2. The van der Waals surface area contributed by atoms with E-state index >= 15 is 0 Å². The van der Waals surface area contributed by atoms with Crippen molar-refractivity contribution in [3.8, 4) is 11.5 Å². The topological polar surface area (TPSA) is 75.6 Å². The van der Waals surface area contributed by atoms with Crippen molar-refractivity contribution in [3.05, 3.63) is 84.2 Å². The largest absolute Gasteiger partial charge is 0.455 e. The summed E-state index contributed by atoms with van der Waals surface area (Å²) >= 11 is 0. The number of rotatable bonds is 7. The van der Waals surface area contributed by atoms with Crippen LogP contribution in [0.1, 0.15) is 11.1 Å². The van der Waals surface area contributed by atoms with Crippen molar-refractivity contribution >= 4 is 17.8 Å². The minimum Gasteiger partial charge on any atom is -0.455 e. The van der Waals surface area contributed by atoms with Crippen molar-refractivity contribution < 1.29 is 9.53 Å². The van der Waals surface area contributed by atoms with Gasteiger partial charge in [0.2, 0.25) is 0 Å². The summed E-state index contributed by atoms with van der Waals surface area (Å²) in [4.78, 5) is 15.9. The number of ether oxygens (including phenoxy) is 1. The van der Waals surface area contributed by atoms with Crippen molar-refractivity contribution in [2.24, 2.45) is 5.10 Å². The maximum atomic E-state index is 12.0. The molecule has 0 aliphatic carbocycles. The zero-order valence-corrected chi connectivity index (χ0v) is 14.9. The molecule has 1 amide bonds. The minimum absolute atomic E-state index is 0.0713. The highest BCUT2D eigenvalue weighted by Gasteiger charge is 2.07. The maximum Gasteiger partial charge on any atom is 0.259 e. The number of nitrogens with one attached hydrogen (secondary N) is 2. The van der Waals surface area contributed by atoms with Gasteiger partial charge in [-0.3, -0.25) is 9.78 Å². The van der Waals surface area contributed by atoms with Gasteiger partial charge in [0.1, 0.15) is 5.75 Å². The summed E-state index contributed by atoms with van der Waals surface area (Å²) in [6.45, 7) is 2.06. The molecule has 0 saturated carbocycles. The number of benzene rings is 2. The van der Waals surface area contributed by atoms with E-state index in [1.165, 1.54) is 0 Å². The Balaban J connectivity index is 1.57. The molecule has 2 aromatic carbocycles. The third-order valence-electron chi connectivity index (χ3n) is 3.75. The second-order valence-corrected chi connectivity index (χ2v) is 5.79. The van der Waals surface area contributed by atoms with E-state index in [9.17, 15) is 4.79 Å². The molecule has 0 spiro atoms. The third-order valence-corrected chi connectivity index (χ3v) is 3.75. The average Bonchev–Trinajstić information content (AvgIpc) is 2.70. The number of pyridine rings is 1. The number of nitrogens with zero attached hydrogens (tertiary/aromatic N) is 2. The molecule has 0 aliphatic heterocycles. The lowest BCUT2D eigenvalue weighted by Gasteiger charge is -2.13. The predicted molar refractivity (Wildman–Crippen MR) is 106 cm³/mol. The smallest absolute Gasteiger partial charge is 0.259 e. The van der Waals surface area contributed by atoms with Gasteiger partial charge in [0.15, 0.2) is 5.75 Å². The Morgan fingerprint density at radius 2 is 1.74 bits per heavy atom. The Morgan fingerprint density at radius 3 is 2.52 bits per heavy atom. The first-order valence-electron chi connectivity index (χ1n) is 8.51. The normalized spacial score (nSPS) is 10.6. The highest BCUT2D eigenvalue weighted by molar-refractivity contribution is 5.84. The summed E-state index contributed by atoms with van der Waals surface area (Å²) in [5, 5.41) is 7.01. The molecule has 27 heavy (non-hydrogen) atoms. The first-order valence-corrected chi connectivity index (χ1v) is 8.51. The fourth-order valence-electron chi connectivity index (χ4n) is 2.33. The Kier molecular flexibility index (Phi) is 6.14. The number of amides is 1. The van der Waals surface area contributed by atoms with E-state index in [0.29, 0.717) is 5.75 Å². The molecule has 1 heterocycles. The summed E-state index contributed by atoms with van der Waals surface area (Å²) in [7, 11) is 0. The standard InChI is InChI=1S/C21H20N4O2/c1-16-6-2-4-8-19(16)27-20-9-5-3-7-18(20)23-15-21(26)25-24-14-17-10-12-22-13-11-17/h2-14,23H,15H2,1H3,(H,25,26). The Hall–Kier alpha value is -3.67. The van der Waals surface area contributed by atoms with Gasteiger partial charge >= 0.3 is 0 Å². The average molecular weight is 360 g/mol. The zero-order chi connectivity index (χ0) is 18.9. The van der Waals surface area contributed by atoms with Gasteiger partial charge in [0.05, 0.1) is 18.4 Å². The second-order valence-electron chi connectivity index (χ2n) is 5.79. The number of carbonyl (C=O) groups is 1. The number of anilines is 1. The number of hydrogen-bond donors (Lipinski definition) is 2. The number of aromatic nitrogens is 1. The van der Waals surface area contributed by atoms with Gasteiger partial charge in [-0.15, -0.1) is 0 Å². The first kappa shape index (κ1) is 18.1. The molecule has 136 valence electrons. The van der Waals surface area contributed by atoms with E-state index in [0.717, 1.165) is 22.6 Å². The van der Waals surface area contributed by atoms with Crippen LogP contribution in [0.5, 0.6) is 11.5 Å². The van der Waals surface area contributed by atoms with Crippen LogP contribution in [0.4, 0.5) is 5.69 Å². The summed E-state index contributed by atoms with van der Waals surface area (Å²) < 4.78 is 5.98. The van der Waals surface area contributed by atoms with E-state index in [-0.39, 0.29) is 12.5 Å². The quantitative estimate of drug-likeness (QED) is 0.497. The van der Waals surface area contributed by atoms with Gasteiger partial charge in [-0.1, -0.05) is 30.3 Å². The Labute approximate surface area is 157 Å². The van der Waals surface area contributed by atoms with Crippen molar-refractivity contribution in [1.82, 2.24) is 10.4 Å². The molecule has 1 aromatic heterocycles. The molecular formula is C21H20N4O2. The van der Waals surface area contributed by atoms with Gasteiger partial charge in [0, 0.05) is 12.4 Å². The molecular weight excluding hydrogens is 340 g/mol. The number of carbonyl (C=O) groups excluding carboxylic acids is 1. The van der Waals surface area contributed by atoms with E-state index in [1.807, 2.05) is 55.5 Å². The molecule has 0 bridgehead atoms. The van der Waals surface area contributed by atoms with Crippen LogP contribution in [-0.2, 0) is 4.79 Å².